The standard InChI is InChI=1S/C13H13NO3/c1-10(13(16)17)14(2)12(15)9-8-11-6-4-3-5-7-11/h3-7,10H,1-2H3,(H,16,17). The SMILES string of the molecule is CC(C(=O)O)N(C)C(=O)C#Cc1ccccc1. The third-order valence-electron chi connectivity index (χ3n) is 2.35. The van der Waals surface area contributed by atoms with Crippen LogP contribution in [0.15, 0.2) is 30.3 Å². The molecule has 0 bridgehead atoms. The fourth-order valence-corrected chi connectivity index (χ4v) is 1.08. The van der Waals surface area contributed by atoms with Crippen molar-refractivity contribution in [3.05, 3.63) is 35.9 Å². The van der Waals surface area contributed by atoms with E-state index >= 15 is 0 Å². The smallest absolute Gasteiger partial charge is 0.326 e. The number of nitrogens with zero attached hydrogens (tertiary/aromatic N) is 1. The minimum Gasteiger partial charge on any atom is -0.480 e. The van der Waals surface area contributed by atoms with Crippen molar-refractivity contribution >= 4 is 11.9 Å². The molecule has 1 aromatic carbocycles. The first-order valence-electron chi connectivity index (χ1n) is 5.09. The summed E-state index contributed by atoms with van der Waals surface area (Å²) in [4.78, 5) is 23.3. The van der Waals surface area contributed by atoms with Crippen molar-refractivity contribution in [2.24, 2.45) is 0 Å². The van der Waals surface area contributed by atoms with Crippen LogP contribution >= 0.6 is 0 Å². The second-order valence-electron chi connectivity index (χ2n) is 3.55. The summed E-state index contributed by atoms with van der Waals surface area (Å²) >= 11 is 0. The maximum absolute atomic E-state index is 11.6. The van der Waals surface area contributed by atoms with Crippen LogP contribution in [-0.2, 0) is 9.59 Å². The number of hydrogen-bond acceptors (Lipinski definition) is 2. The molecule has 1 atom stereocenters. The van der Waals surface area contributed by atoms with Crippen LogP contribution in [0.2, 0.25) is 0 Å². The van der Waals surface area contributed by atoms with Crippen molar-refractivity contribution in [2.75, 3.05) is 7.05 Å². The van der Waals surface area contributed by atoms with E-state index in [1.54, 1.807) is 12.1 Å². The molecule has 0 heterocycles. The number of aliphatic carboxylic acids is 1. The quantitative estimate of drug-likeness (QED) is 0.771. The van der Waals surface area contributed by atoms with Crippen molar-refractivity contribution < 1.29 is 14.7 Å². The molecule has 0 aliphatic heterocycles. The largest absolute Gasteiger partial charge is 0.480 e. The van der Waals surface area contributed by atoms with Crippen molar-refractivity contribution in [1.82, 2.24) is 4.90 Å². The molecule has 0 aliphatic rings. The first-order chi connectivity index (χ1) is 8.02. The second kappa shape index (κ2) is 5.71. The third-order valence-corrected chi connectivity index (χ3v) is 2.35. The molecule has 1 aromatic rings. The van der Waals surface area contributed by atoms with Crippen LogP contribution in [-0.4, -0.2) is 35.0 Å². The molecule has 17 heavy (non-hydrogen) atoms. The van der Waals surface area contributed by atoms with Gasteiger partial charge in [-0.3, -0.25) is 4.79 Å². The Morgan fingerprint density at radius 2 is 1.88 bits per heavy atom. The van der Waals surface area contributed by atoms with Gasteiger partial charge in [0.05, 0.1) is 0 Å². The maximum Gasteiger partial charge on any atom is 0.326 e. The summed E-state index contributed by atoms with van der Waals surface area (Å²) in [6, 6.07) is 8.16. The van der Waals surface area contributed by atoms with E-state index in [0.29, 0.717) is 0 Å². The van der Waals surface area contributed by atoms with Crippen LogP contribution in [0.4, 0.5) is 0 Å². The molecule has 88 valence electrons. The van der Waals surface area contributed by atoms with E-state index < -0.39 is 17.9 Å². The molecule has 0 fully saturated rings. The summed E-state index contributed by atoms with van der Waals surface area (Å²) in [5.74, 6) is 3.53. The molecule has 0 aromatic heterocycles. The number of carbonyl (C=O) groups excluding carboxylic acids is 1. The number of likely N-dealkylation sites (N-methyl/N-ethyl adjacent to an activating group) is 1. The average molecular weight is 231 g/mol. The molecule has 4 heteroatoms. The summed E-state index contributed by atoms with van der Waals surface area (Å²) in [5.41, 5.74) is 0.720. The van der Waals surface area contributed by atoms with Gasteiger partial charge in [-0.25, -0.2) is 4.79 Å². The summed E-state index contributed by atoms with van der Waals surface area (Å²) in [7, 11) is 1.42. The van der Waals surface area contributed by atoms with E-state index in [-0.39, 0.29) is 0 Å². The average Bonchev–Trinajstić information content (AvgIpc) is 2.35. The van der Waals surface area contributed by atoms with Gasteiger partial charge in [-0.05, 0) is 19.1 Å². The summed E-state index contributed by atoms with van der Waals surface area (Å²) < 4.78 is 0. The molecule has 0 aliphatic carbocycles. The number of carboxylic acid groups (broad SMARTS) is 1. The molecular weight excluding hydrogens is 218 g/mol. The Balaban J connectivity index is 2.74. The van der Waals surface area contributed by atoms with Crippen LogP contribution in [0.1, 0.15) is 12.5 Å². The number of carbonyl (C=O) groups is 2. The normalized spacial score (nSPS) is 10.9. The number of amides is 1. The zero-order valence-corrected chi connectivity index (χ0v) is 9.68. The number of hydrogen-bond donors (Lipinski definition) is 1. The van der Waals surface area contributed by atoms with E-state index in [1.807, 2.05) is 18.2 Å². The van der Waals surface area contributed by atoms with E-state index in [0.717, 1.165) is 10.5 Å². The molecular formula is C13H13NO3. The molecule has 1 unspecified atom stereocenters. The molecule has 1 rings (SSSR count). The van der Waals surface area contributed by atoms with Gasteiger partial charge in [-0.15, -0.1) is 0 Å². The van der Waals surface area contributed by atoms with Crippen LogP contribution in [0.3, 0.4) is 0 Å². The van der Waals surface area contributed by atoms with Gasteiger partial charge in [0.1, 0.15) is 6.04 Å². The lowest BCUT2D eigenvalue weighted by molar-refractivity contribution is -0.146. The highest BCUT2D eigenvalue weighted by Gasteiger charge is 2.19. The Kier molecular flexibility index (Phi) is 4.29. The van der Waals surface area contributed by atoms with Gasteiger partial charge in [0, 0.05) is 18.5 Å². The molecule has 0 saturated heterocycles. The monoisotopic (exact) mass is 231 g/mol. The second-order valence-corrected chi connectivity index (χ2v) is 3.55. The van der Waals surface area contributed by atoms with Crippen LogP contribution in [0.5, 0.6) is 0 Å². The Hall–Kier alpha value is -2.28. The molecule has 4 nitrogen and oxygen atoms in total. The van der Waals surface area contributed by atoms with E-state index in [4.69, 9.17) is 5.11 Å². The zero-order valence-electron chi connectivity index (χ0n) is 9.68. The number of carboxylic acids is 1. The molecule has 1 amide bonds. The van der Waals surface area contributed by atoms with Gasteiger partial charge in [0.25, 0.3) is 5.91 Å². The highest BCUT2D eigenvalue weighted by Crippen LogP contribution is 1.97. The third kappa shape index (κ3) is 3.65. The minimum atomic E-state index is -1.05. The van der Waals surface area contributed by atoms with Crippen LogP contribution in [0, 0.1) is 11.8 Å². The Bertz CT molecular complexity index is 470. The van der Waals surface area contributed by atoms with E-state index in [9.17, 15) is 9.59 Å². The lowest BCUT2D eigenvalue weighted by Gasteiger charge is -2.18. The highest BCUT2D eigenvalue weighted by atomic mass is 16.4. The van der Waals surface area contributed by atoms with Gasteiger partial charge in [0.15, 0.2) is 0 Å². The molecule has 1 N–H and O–H groups in total. The van der Waals surface area contributed by atoms with Crippen LogP contribution < -0.4 is 0 Å². The summed E-state index contributed by atoms with van der Waals surface area (Å²) in [5, 5.41) is 8.74. The topological polar surface area (TPSA) is 57.6 Å². The van der Waals surface area contributed by atoms with Gasteiger partial charge in [0.2, 0.25) is 0 Å². The highest BCUT2D eigenvalue weighted by molar-refractivity contribution is 5.96. The summed E-state index contributed by atoms with van der Waals surface area (Å²) in [6.45, 7) is 1.43. The van der Waals surface area contributed by atoms with Crippen molar-refractivity contribution in [2.45, 2.75) is 13.0 Å². The molecule has 0 spiro atoms. The van der Waals surface area contributed by atoms with Crippen LogP contribution in [0.25, 0.3) is 0 Å². The van der Waals surface area contributed by atoms with Gasteiger partial charge < -0.3 is 10.0 Å². The zero-order chi connectivity index (χ0) is 12.8. The van der Waals surface area contributed by atoms with Gasteiger partial charge in [-0.2, -0.15) is 0 Å². The number of benzene rings is 1. The minimum absolute atomic E-state index is 0.510. The number of rotatable bonds is 2. The maximum atomic E-state index is 11.6. The summed E-state index contributed by atoms with van der Waals surface area (Å²) in [6.07, 6.45) is 0. The van der Waals surface area contributed by atoms with Gasteiger partial charge in [-0.1, -0.05) is 24.1 Å². The lowest BCUT2D eigenvalue weighted by atomic mass is 10.2. The van der Waals surface area contributed by atoms with Crippen molar-refractivity contribution in [1.29, 1.82) is 0 Å². The first kappa shape index (κ1) is 12.8. The fraction of sp³-hybridized carbons (Fsp3) is 0.231. The van der Waals surface area contributed by atoms with E-state index in [2.05, 4.69) is 11.8 Å². The Morgan fingerprint density at radius 1 is 1.29 bits per heavy atom. The Morgan fingerprint density at radius 3 is 2.41 bits per heavy atom. The Labute approximate surface area is 99.9 Å². The molecule has 0 saturated carbocycles. The van der Waals surface area contributed by atoms with E-state index in [1.165, 1.54) is 14.0 Å². The first-order valence-corrected chi connectivity index (χ1v) is 5.09. The predicted octanol–water partition coefficient (Wildman–Crippen LogP) is 0.970. The predicted molar refractivity (Wildman–Crippen MR) is 63.2 cm³/mol. The fourth-order valence-electron chi connectivity index (χ4n) is 1.08. The molecule has 0 radical (unpaired) electrons. The van der Waals surface area contributed by atoms with Crippen molar-refractivity contribution in [3.8, 4) is 11.8 Å². The van der Waals surface area contributed by atoms with Gasteiger partial charge >= 0.3 is 5.97 Å². The van der Waals surface area contributed by atoms with Crippen molar-refractivity contribution in [3.63, 3.8) is 0 Å². The lowest BCUT2D eigenvalue weighted by Crippen LogP contribution is -2.39.